The number of aromatic nitrogens is 2. The highest BCUT2D eigenvalue weighted by molar-refractivity contribution is 5.67. The highest BCUT2D eigenvalue weighted by Gasteiger charge is 2.22. The average molecular weight is 296 g/mol. The van der Waals surface area contributed by atoms with Crippen LogP contribution in [-0.2, 0) is 16.0 Å². The summed E-state index contributed by atoms with van der Waals surface area (Å²) >= 11 is 0. The molecule has 0 aliphatic rings. The number of methoxy groups -OCH3 is 1. The van der Waals surface area contributed by atoms with Crippen molar-refractivity contribution in [3.05, 3.63) is 27.4 Å². The van der Waals surface area contributed by atoms with E-state index in [1.54, 1.807) is 18.6 Å². The van der Waals surface area contributed by atoms with Gasteiger partial charge in [-0.3, -0.25) is 9.36 Å². The molecule has 6 nitrogen and oxygen atoms in total. The van der Waals surface area contributed by atoms with Crippen LogP contribution >= 0.6 is 0 Å². The van der Waals surface area contributed by atoms with E-state index in [0.717, 1.165) is 11.3 Å². The monoisotopic (exact) mass is 296 g/mol. The van der Waals surface area contributed by atoms with Gasteiger partial charge in [0.25, 0.3) is 0 Å². The zero-order chi connectivity index (χ0) is 16.2. The number of carboxylic acids is 1. The Hall–Kier alpha value is -1.69. The number of hydrogen-bond donors (Lipinski definition) is 1. The predicted molar refractivity (Wildman–Crippen MR) is 79.7 cm³/mol. The fourth-order valence-corrected chi connectivity index (χ4v) is 2.54. The van der Waals surface area contributed by atoms with E-state index in [-0.39, 0.29) is 24.1 Å². The van der Waals surface area contributed by atoms with Gasteiger partial charge in [0, 0.05) is 24.9 Å². The first kappa shape index (κ1) is 17.4. The topological polar surface area (TPSA) is 81.4 Å². The first-order chi connectivity index (χ1) is 9.79. The zero-order valence-electron chi connectivity index (χ0n) is 13.3. The second kappa shape index (κ2) is 7.36. The number of rotatable bonds is 7. The summed E-state index contributed by atoms with van der Waals surface area (Å²) in [4.78, 5) is 27.1. The fourth-order valence-electron chi connectivity index (χ4n) is 2.54. The summed E-state index contributed by atoms with van der Waals surface area (Å²) < 4.78 is 6.85. The first-order valence-electron chi connectivity index (χ1n) is 7.08. The van der Waals surface area contributed by atoms with Crippen LogP contribution in [-0.4, -0.2) is 34.3 Å². The molecule has 0 saturated carbocycles. The lowest BCUT2D eigenvalue weighted by atomic mass is 10.0. The molecule has 0 radical (unpaired) electrons. The van der Waals surface area contributed by atoms with Crippen molar-refractivity contribution in [2.24, 2.45) is 5.92 Å². The molecule has 0 fully saturated rings. The van der Waals surface area contributed by atoms with E-state index in [2.05, 4.69) is 4.98 Å². The highest BCUT2D eigenvalue weighted by atomic mass is 16.5. The Morgan fingerprint density at radius 3 is 2.48 bits per heavy atom. The number of carbonyl (C=O) groups is 1. The van der Waals surface area contributed by atoms with E-state index >= 15 is 0 Å². The van der Waals surface area contributed by atoms with Crippen LogP contribution in [0.2, 0.25) is 0 Å². The fraction of sp³-hybridized carbons (Fsp3) is 0.667. The van der Waals surface area contributed by atoms with E-state index < -0.39 is 5.97 Å². The molecule has 1 unspecified atom stereocenters. The van der Waals surface area contributed by atoms with Crippen molar-refractivity contribution in [2.75, 3.05) is 13.7 Å². The largest absolute Gasteiger partial charge is 0.481 e. The predicted octanol–water partition coefficient (Wildman–Crippen LogP) is 1.72. The van der Waals surface area contributed by atoms with Crippen molar-refractivity contribution in [2.45, 2.75) is 46.6 Å². The number of carboxylic acid groups (broad SMARTS) is 1. The average Bonchev–Trinajstić information content (AvgIpc) is 2.36. The minimum atomic E-state index is -0.858. The van der Waals surface area contributed by atoms with Gasteiger partial charge in [0.05, 0.1) is 12.6 Å². The molecule has 0 aliphatic heterocycles. The summed E-state index contributed by atoms with van der Waals surface area (Å²) in [6.07, 6.45) is 0.399. The molecule has 1 atom stereocenters. The molecule has 0 aromatic carbocycles. The molecule has 0 bridgehead atoms. The molecule has 21 heavy (non-hydrogen) atoms. The van der Waals surface area contributed by atoms with Crippen molar-refractivity contribution < 1.29 is 14.6 Å². The second-order valence-corrected chi connectivity index (χ2v) is 5.57. The van der Waals surface area contributed by atoms with E-state index in [1.807, 2.05) is 20.8 Å². The third kappa shape index (κ3) is 4.14. The lowest BCUT2D eigenvalue weighted by Crippen LogP contribution is -2.35. The smallest absolute Gasteiger partial charge is 0.348 e. The van der Waals surface area contributed by atoms with Crippen LogP contribution in [0.25, 0.3) is 0 Å². The molecule has 1 N–H and O–H groups in total. The summed E-state index contributed by atoms with van der Waals surface area (Å²) in [6.45, 7) is 8.05. The number of aliphatic carboxylic acids is 1. The summed E-state index contributed by atoms with van der Waals surface area (Å²) in [5.74, 6) is -0.651. The molecule has 0 aliphatic carbocycles. The van der Waals surface area contributed by atoms with Gasteiger partial charge in [0.15, 0.2) is 0 Å². The summed E-state index contributed by atoms with van der Waals surface area (Å²) in [6, 6.07) is -0.112. The van der Waals surface area contributed by atoms with Crippen LogP contribution in [0.1, 0.15) is 43.3 Å². The molecule has 0 saturated heterocycles. The van der Waals surface area contributed by atoms with Crippen molar-refractivity contribution in [1.82, 2.24) is 9.55 Å². The van der Waals surface area contributed by atoms with Gasteiger partial charge in [-0.2, -0.15) is 4.98 Å². The second-order valence-electron chi connectivity index (χ2n) is 5.57. The number of aryl methyl sites for hydroxylation is 1. The van der Waals surface area contributed by atoms with E-state index in [4.69, 9.17) is 9.84 Å². The highest BCUT2D eigenvalue weighted by Crippen LogP contribution is 2.21. The van der Waals surface area contributed by atoms with Crippen LogP contribution in [0.3, 0.4) is 0 Å². The third-order valence-electron chi connectivity index (χ3n) is 3.73. The maximum atomic E-state index is 12.3. The first-order valence-corrected chi connectivity index (χ1v) is 7.08. The number of hydrogen-bond acceptors (Lipinski definition) is 4. The summed E-state index contributed by atoms with van der Waals surface area (Å²) in [5.41, 5.74) is 1.91. The van der Waals surface area contributed by atoms with Gasteiger partial charge >= 0.3 is 11.7 Å². The minimum absolute atomic E-state index is 0.0260. The van der Waals surface area contributed by atoms with Crippen molar-refractivity contribution in [1.29, 1.82) is 0 Å². The van der Waals surface area contributed by atoms with Gasteiger partial charge < -0.3 is 9.84 Å². The standard InChI is InChI=1S/C15H24N2O4/c1-9(2)13(8-21-5)17-11(4)12(6-7-14(18)19)10(3)16-15(17)20/h9,13H,6-8H2,1-5H3,(H,18,19). The number of nitrogens with zero attached hydrogens (tertiary/aromatic N) is 2. The van der Waals surface area contributed by atoms with Gasteiger partial charge in [-0.1, -0.05) is 13.8 Å². The quantitative estimate of drug-likeness (QED) is 0.828. The lowest BCUT2D eigenvalue weighted by molar-refractivity contribution is -0.136. The third-order valence-corrected chi connectivity index (χ3v) is 3.73. The van der Waals surface area contributed by atoms with Gasteiger partial charge in [-0.15, -0.1) is 0 Å². The van der Waals surface area contributed by atoms with Crippen LogP contribution in [0.15, 0.2) is 4.79 Å². The Morgan fingerprint density at radius 1 is 1.38 bits per heavy atom. The molecular formula is C15H24N2O4. The molecule has 1 aromatic rings. The summed E-state index contributed by atoms with van der Waals surface area (Å²) in [5, 5.41) is 8.85. The molecule has 6 heteroatoms. The Labute approximate surface area is 124 Å². The lowest BCUT2D eigenvalue weighted by Gasteiger charge is -2.26. The molecule has 0 amide bonds. The molecule has 0 spiro atoms. The van der Waals surface area contributed by atoms with Crippen LogP contribution < -0.4 is 5.69 Å². The Morgan fingerprint density at radius 2 is 2.00 bits per heavy atom. The molecule has 1 aromatic heterocycles. The Balaban J connectivity index is 3.34. The van der Waals surface area contributed by atoms with E-state index in [9.17, 15) is 9.59 Å². The van der Waals surface area contributed by atoms with Gasteiger partial charge in [-0.05, 0) is 31.7 Å². The molecule has 1 heterocycles. The zero-order valence-corrected chi connectivity index (χ0v) is 13.3. The maximum Gasteiger partial charge on any atom is 0.348 e. The number of ether oxygens (including phenoxy) is 1. The van der Waals surface area contributed by atoms with Gasteiger partial charge in [-0.25, -0.2) is 4.79 Å². The van der Waals surface area contributed by atoms with Gasteiger partial charge in [0.2, 0.25) is 0 Å². The molecular weight excluding hydrogens is 272 g/mol. The van der Waals surface area contributed by atoms with E-state index in [0.29, 0.717) is 18.7 Å². The maximum absolute atomic E-state index is 12.3. The SMILES string of the molecule is COCC(C(C)C)n1c(C)c(CCC(=O)O)c(C)nc1=O. The van der Waals surface area contributed by atoms with Gasteiger partial charge in [0.1, 0.15) is 0 Å². The van der Waals surface area contributed by atoms with E-state index in [1.165, 1.54) is 0 Å². The van der Waals surface area contributed by atoms with Crippen molar-refractivity contribution in [3.8, 4) is 0 Å². The van der Waals surface area contributed by atoms with Crippen molar-refractivity contribution >= 4 is 5.97 Å². The normalized spacial score (nSPS) is 12.7. The van der Waals surface area contributed by atoms with Crippen LogP contribution in [0.4, 0.5) is 0 Å². The Bertz CT molecular complexity index is 564. The Kier molecular flexibility index (Phi) is 6.08. The summed E-state index contributed by atoms with van der Waals surface area (Å²) in [7, 11) is 1.60. The minimum Gasteiger partial charge on any atom is -0.481 e. The van der Waals surface area contributed by atoms with Crippen LogP contribution in [0.5, 0.6) is 0 Å². The molecule has 1 rings (SSSR count). The molecule has 118 valence electrons. The van der Waals surface area contributed by atoms with Crippen LogP contribution in [0, 0.1) is 19.8 Å². The van der Waals surface area contributed by atoms with Crippen molar-refractivity contribution in [3.63, 3.8) is 0 Å².